The topological polar surface area (TPSA) is 44.9 Å². The molecule has 2 aromatic rings. The summed E-state index contributed by atoms with van der Waals surface area (Å²) in [7, 11) is 0. The molecule has 16 heavy (non-hydrogen) atoms. The van der Waals surface area contributed by atoms with E-state index in [0.717, 1.165) is 12.1 Å². The van der Waals surface area contributed by atoms with Gasteiger partial charge >= 0.3 is 0 Å². The summed E-state index contributed by atoms with van der Waals surface area (Å²) in [5, 5.41) is 2.66. The van der Waals surface area contributed by atoms with Crippen LogP contribution < -0.4 is 5.32 Å². The molecule has 0 atom stereocenters. The zero-order valence-electron chi connectivity index (χ0n) is 8.23. The van der Waals surface area contributed by atoms with Crippen LogP contribution in [0.2, 0.25) is 0 Å². The molecule has 0 spiro atoms. The van der Waals surface area contributed by atoms with Crippen molar-refractivity contribution in [3.8, 4) is 0 Å². The van der Waals surface area contributed by atoms with Crippen LogP contribution in [0.15, 0.2) is 12.1 Å². The van der Waals surface area contributed by atoms with Gasteiger partial charge in [-0.3, -0.25) is 4.79 Å². The average Bonchev–Trinajstić information content (AvgIpc) is 2.65. The largest absolute Gasteiger partial charge is 0.355 e. The fourth-order valence-corrected chi connectivity index (χ4v) is 2.11. The minimum Gasteiger partial charge on any atom is -0.355 e. The monoisotopic (exact) mass is 222 g/mol. The van der Waals surface area contributed by atoms with Gasteiger partial charge in [0.05, 0.1) is 16.5 Å². The molecular formula is C11H8F2N2O. The Bertz CT molecular complexity index is 604. The molecule has 2 N–H and O–H groups in total. The van der Waals surface area contributed by atoms with Crippen molar-refractivity contribution < 1.29 is 13.6 Å². The number of amides is 1. The van der Waals surface area contributed by atoms with Crippen LogP contribution in [0.3, 0.4) is 0 Å². The van der Waals surface area contributed by atoms with Gasteiger partial charge in [0.25, 0.3) is 5.91 Å². The number of aromatic nitrogens is 1. The van der Waals surface area contributed by atoms with E-state index in [4.69, 9.17) is 0 Å². The quantitative estimate of drug-likeness (QED) is 0.700. The van der Waals surface area contributed by atoms with Gasteiger partial charge < -0.3 is 10.3 Å². The lowest BCUT2D eigenvalue weighted by Crippen LogP contribution is -2.31. The number of H-pyrrole nitrogens is 1. The second kappa shape index (κ2) is 3.04. The highest BCUT2D eigenvalue weighted by Crippen LogP contribution is 2.28. The molecule has 1 aromatic carbocycles. The molecule has 0 saturated heterocycles. The SMILES string of the molecule is O=C1NCCc2[nH]c3c(F)ccc(F)c3c21. The molecule has 1 aliphatic heterocycles. The Hall–Kier alpha value is -1.91. The molecule has 0 fully saturated rings. The molecule has 3 rings (SSSR count). The normalized spacial score (nSPS) is 15.0. The minimum absolute atomic E-state index is 0.0483. The molecule has 1 amide bonds. The third kappa shape index (κ3) is 1.08. The summed E-state index contributed by atoms with van der Waals surface area (Å²) in [5.74, 6) is -1.47. The van der Waals surface area contributed by atoms with Crippen molar-refractivity contribution in [2.75, 3.05) is 6.54 Å². The van der Waals surface area contributed by atoms with E-state index in [-0.39, 0.29) is 22.4 Å². The first kappa shape index (κ1) is 9.33. The first-order chi connectivity index (χ1) is 7.68. The van der Waals surface area contributed by atoms with Crippen molar-refractivity contribution >= 4 is 16.8 Å². The Balaban J connectivity index is 2.46. The highest BCUT2D eigenvalue weighted by molar-refractivity contribution is 6.09. The summed E-state index contributed by atoms with van der Waals surface area (Å²) in [6.45, 7) is 0.488. The van der Waals surface area contributed by atoms with Crippen LogP contribution in [0.1, 0.15) is 16.1 Å². The smallest absolute Gasteiger partial charge is 0.253 e. The molecule has 5 heteroatoms. The van der Waals surface area contributed by atoms with Crippen LogP contribution in [-0.2, 0) is 6.42 Å². The molecule has 0 unspecified atom stereocenters. The second-order valence-corrected chi connectivity index (χ2v) is 3.76. The Labute approximate surface area is 89.5 Å². The van der Waals surface area contributed by atoms with E-state index in [1.165, 1.54) is 0 Å². The lowest BCUT2D eigenvalue weighted by atomic mass is 10.0. The Morgan fingerprint density at radius 2 is 1.94 bits per heavy atom. The van der Waals surface area contributed by atoms with Crippen molar-refractivity contribution in [3.63, 3.8) is 0 Å². The molecule has 0 saturated carbocycles. The predicted molar refractivity (Wildman–Crippen MR) is 54.3 cm³/mol. The Morgan fingerprint density at radius 1 is 1.19 bits per heavy atom. The molecule has 2 heterocycles. The highest BCUT2D eigenvalue weighted by atomic mass is 19.1. The predicted octanol–water partition coefficient (Wildman–Crippen LogP) is 1.73. The number of carbonyl (C=O) groups is 1. The first-order valence-electron chi connectivity index (χ1n) is 4.95. The number of halogens is 2. The van der Waals surface area contributed by atoms with E-state index in [1.54, 1.807) is 0 Å². The van der Waals surface area contributed by atoms with Crippen molar-refractivity contribution in [1.29, 1.82) is 0 Å². The fraction of sp³-hybridized carbons (Fsp3) is 0.182. The number of nitrogens with one attached hydrogen (secondary N) is 2. The summed E-state index contributed by atoms with van der Waals surface area (Å²) in [5.41, 5.74) is 0.906. The number of benzene rings is 1. The summed E-state index contributed by atoms with van der Waals surface area (Å²) in [4.78, 5) is 14.4. The van der Waals surface area contributed by atoms with Crippen LogP contribution in [0.25, 0.3) is 10.9 Å². The molecule has 3 nitrogen and oxygen atoms in total. The van der Waals surface area contributed by atoms with Crippen LogP contribution in [0.4, 0.5) is 8.78 Å². The van der Waals surface area contributed by atoms with Gasteiger partial charge in [0, 0.05) is 18.7 Å². The van der Waals surface area contributed by atoms with Crippen LogP contribution >= 0.6 is 0 Å². The summed E-state index contributed by atoms with van der Waals surface area (Å²) in [6, 6.07) is 2.09. The number of fused-ring (bicyclic) bond motifs is 3. The first-order valence-corrected chi connectivity index (χ1v) is 4.95. The number of hydrogen-bond donors (Lipinski definition) is 2. The number of hydrogen-bond acceptors (Lipinski definition) is 1. The maximum Gasteiger partial charge on any atom is 0.253 e. The van der Waals surface area contributed by atoms with E-state index >= 15 is 0 Å². The Morgan fingerprint density at radius 3 is 2.75 bits per heavy atom. The highest BCUT2D eigenvalue weighted by Gasteiger charge is 2.25. The summed E-state index contributed by atoms with van der Waals surface area (Å²) < 4.78 is 27.0. The third-order valence-electron chi connectivity index (χ3n) is 2.82. The third-order valence-corrected chi connectivity index (χ3v) is 2.82. The molecule has 0 aliphatic carbocycles. The van der Waals surface area contributed by atoms with Crippen LogP contribution in [0, 0.1) is 11.6 Å². The van der Waals surface area contributed by atoms with E-state index < -0.39 is 11.6 Å². The van der Waals surface area contributed by atoms with E-state index in [2.05, 4.69) is 10.3 Å². The summed E-state index contributed by atoms with van der Waals surface area (Å²) in [6.07, 6.45) is 0.564. The van der Waals surface area contributed by atoms with Gasteiger partial charge in [-0.25, -0.2) is 8.78 Å². The van der Waals surface area contributed by atoms with Gasteiger partial charge in [-0.05, 0) is 12.1 Å². The maximum absolute atomic E-state index is 13.6. The van der Waals surface area contributed by atoms with Gasteiger partial charge in [0.15, 0.2) is 0 Å². The van der Waals surface area contributed by atoms with Gasteiger partial charge in [0.1, 0.15) is 11.6 Å². The molecule has 1 aromatic heterocycles. The minimum atomic E-state index is -0.578. The maximum atomic E-state index is 13.6. The zero-order valence-corrected chi connectivity index (χ0v) is 8.23. The van der Waals surface area contributed by atoms with Gasteiger partial charge in [-0.1, -0.05) is 0 Å². The lowest BCUT2D eigenvalue weighted by Gasteiger charge is -2.12. The zero-order chi connectivity index (χ0) is 11.3. The van der Waals surface area contributed by atoms with Crippen molar-refractivity contribution in [3.05, 3.63) is 35.0 Å². The molecular weight excluding hydrogens is 214 g/mol. The van der Waals surface area contributed by atoms with E-state index in [9.17, 15) is 13.6 Å². The standard InChI is InChI=1S/C11H8F2N2O/c12-5-1-2-6(13)10-8(5)9-7(15-10)3-4-14-11(9)16/h1-2,15H,3-4H2,(H,14,16). The number of carbonyl (C=O) groups excluding carboxylic acids is 1. The van der Waals surface area contributed by atoms with Crippen molar-refractivity contribution in [1.82, 2.24) is 10.3 Å². The van der Waals surface area contributed by atoms with Gasteiger partial charge in [-0.2, -0.15) is 0 Å². The van der Waals surface area contributed by atoms with Gasteiger partial charge in [-0.15, -0.1) is 0 Å². The molecule has 0 radical (unpaired) electrons. The van der Waals surface area contributed by atoms with Crippen LogP contribution in [-0.4, -0.2) is 17.4 Å². The number of rotatable bonds is 0. The number of aromatic amines is 1. The van der Waals surface area contributed by atoms with Crippen molar-refractivity contribution in [2.24, 2.45) is 0 Å². The van der Waals surface area contributed by atoms with E-state index in [1.807, 2.05) is 0 Å². The van der Waals surface area contributed by atoms with Crippen LogP contribution in [0.5, 0.6) is 0 Å². The Kier molecular flexibility index (Phi) is 1.77. The van der Waals surface area contributed by atoms with E-state index in [0.29, 0.717) is 18.7 Å². The molecule has 1 aliphatic rings. The van der Waals surface area contributed by atoms with Crippen molar-refractivity contribution in [2.45, 2.75) is 6.42 Å². The average molecular weight is 222 g/mol. The lowest BCUT2D eigenvalue weighted by molar-refractivity contribution is 0.0947. The molecule has 0 bridgehead atoms. The molecule has 82 valence electrons. The fourth-order valence-electron chi connectivity index (χ4n) is 2.11. The second-order valence-electron chi connectivity index (χ2n) is 3.76. The summed E-state index contributed by atoms with van der Waals surface area (Å²) >= 11 is 0. The van der Waals surface area contributed by atoms with Gasteiger partial charge in [0.2, 0.25) is 0 Å².